The molecule has 1 aromatic rings. The maximum Gasteiger partial charge on any atom is 0.134 e. The van der Waals surface area contributed by atoms with Gasteiger partial charge in [-0.25, -0.2) is 8.78 Å². The number of hydrogen-bond acceptors (Lipinski definition) is 2. The smallest absolute Gasteiger partial charge is 0.134 e. The fraction of sp³-hybridized carbons (Fsp3) is 0.444. The van der Waals surface area contributed by atoms with Gasteiger partial charge in [-0.05, 0) is 73.6 Å². The van der Waals surface area contributed by atoms with Crippen LogP contribution in [0.15, 0.2) is 60.6 Å². The zero-order valence-corrected chi connectivity index (χ0v) is 21.2. The predicted octanol–water partition coefficient (Wildman–Crippen LogP) is 9.25. The van der Waals surface area contributed by atoms with Crippen molar-refractivity contribution in [2.45, 2.75) is 73.1 Å². The predicted molar refractivity (Wildman–Crippen MR) is 137 cm³/mol. The maximum atomic E-state index is 14.5. The Labute approximate surface area is 199 Å². The van der Waals surface area contributed by atoms with Gasteiger partial charge in [-0.1, -0.05) is 78.0 Å². The fourth-order valence-corrected chi connectivity index (χ4v) is 3.44. The first-order chi connectivity index (χ1) is 15.3. The van der Waals surface area contributed by atoms with Crippen LogP contribution in [0, 0.1) is 11.7 Å². The van der Waals surface area contributed by atoms with Gasteiger partial charge in [0.1, 0.15) is 17.9 Å². The normalized spacial score (nSPS) is 12.6. The average molecular weight is 468 g/mol. The summed E-state index contributed by atoms with van der Waals surface area (Å²) in [5, 5.41) is 3.17. The molecule has 32 heavy (non-hydrogen) atoms. The number of anilines is 1. The van der Waals surface area contributed by atoms with Gasteiger partial charge in [0.15, 0.2) is 0 Å². The molecule has 0 aliphatic heterocycles. The van der Waals surface area contributed by atoms with Crippen LogP contribution < -0.4 is 5.32 Å². The van der Waals surface area contributed by atoms with Crippen molar-refractivity contribution >= 4 is 23.6 Å². The highest BCUT2D eigenvalue weighted by Gasteiger charge is 2.23. The molecule has 0 unspecified atom stereocenters. The molecule has 2 atom stereocenters. The van der Waals surface area contributed by atoms with Gasteiger partial charge in [-0.15, -0.1) is 0 Å². The van der Waals surface area contributed by atoms with E-state index in [-0.39, 0.29) is 16.8 Å². The minimum Gasteiger partial charge on any atom is -0.362 e. The van der Waals surface area contributed by atoms with Crippen LogP contribution in [0.4, 0.5) is 14.5 Å². The third kappa shape index (κ3) is 11.4. The summed E-state index contributed by atoms with van der Waals surface area (Å²) in [7, 11) is 0. The Morgan fingerprint density at radius 2 is 1.81 bits per heavy atom. The summed E-state index contributed by atoms with van der Waals surface area (Å²) in [5.74, 6) is -0.295. The van der Waals surface area contributed by atoms with Crippen molar-refractivity contribution in [2.24, 2.45) is 5.92 Å². The fourth-order valence-electron chi connectivity index (χ4n) is 3.37. The van der Waals surface area contributed by atoms with Crippen LogP contribution in [0.25, 0.3) is 0 Å². The first-order valence-electron chi connectivity index (χ1n) is 11.3. The Balaban J connectivity index is 0. The molecule has 0 fully saturated rings. The first kappa shape index (κ1) is 32.0. The van der Waals surface area contributed by atoms with Crippen molar-refractivity contribution in [3.05, 3.63) is 77.5 Å². The molecule has 0 heterocycles. The van der Waals surface area contributed by atoms with Crippen molar-refractivity contribution in [3.8, 4) is 0 Å². The van der Waals surface area contributed by atoms with E-state index in [1.807, 2.05) is 32.9 Å². The summed E-state index contributed by atoms with van der Waals surface area (Å²) in [6.07, 6.45) is 10.9. The van der Waals surface area contributed by atoms with Crippen molar-refractivity contribution in [1.82, 2.24) is 0 Å². The first-order valence-corrected chi connectivity index (χ1v) is 11.6. The highest BCUT2D eigenvalue weighted by molar-refractivity contribution is 6.31. The summed E-state index contributed by atoms with van der Waals surface area (Å²) in [4.78, 5) is 8.81. The molecule has 5 heteroatoms. The lowest BCUT2D eigenvalue weighted by Gasteiger charge is -2.27. The zero-order chi connectivity index (χ0) is 25.1. The van der Waals surface area contributed by atoms with E-state index < -0.39 is 5.83 Å². The van der Waals surface area contributed by atoms with Crippen LogP contribution >= 0.6 is 11.6 Å². The van der Waals surface area contributed by atoms with Gasteiger partial charge < -0.3 is 10.1 Å². The molecular formula is C27H40ClF2NO. The second kappa shape index (κ2) is 19.5. The van der Waals surface area contributed by atoms with Crippen molar-refractivity contribution in [3.63, 3.8) is 0 Å². The van der Waals surface area contributed by atoms with Crippen LogP contribution in [0.2, 0.25) is 0 Å². The highest BCUT2D eigenvalue weighted by Crippen LogP contribution is 2.38. The SMILES string of the molecule is C=CNc1cc(CC)c(F)cc1[C@H](CC)[C@H](CC)C/C=C\C=C(\Cl)C(=C)F.CC.CC=O. The number of carbonyl (C=O) groups excluding carboxylic acids is 1. The minimum absolute atomic E-state index is 0.000958. The van der Waals surface area contributed by atoms with Gasteiger partial charge in [0.25, 0.3) is 0 Å². The summed E-state index contributed by atoms with van der Waals surface area (Å²) >= 11 is 5.73. The molecule has 1 aromatic carbocycles. The highest BCUT2D eigenvalue weighted by atomic mass is 35.5. The van der Waals surface area contributed by atoms with E-state index in [0.29, 0.717) is 17.9 Å². The van der Waals surface area contributed by atoms with Gasteiger partial charge >= 0.3 is 0 Å². The lowest BCUT2D eigenvalue weighted by atomic mass is 9.79. The Kier molecular flexibility index (Phi) is 19.5. The number of aldehydes is 1. The number of hydrogen-bond donors (Lipinski definition) is 1. The number of carbonyl (C=O) groups is 1. The van der Waals surface area contributed by atoms with Crippen LogP contribution in [0.5, 0.6) is 0 Å². The lowest BCUT2D eigenvalue weighted by Crippen LogP contribution is -2.14. The van der Waals surface area contributed by atoms with Gasteiger partial charge in [0.2, 0.25) is 0 Å². The Morgan fingerprint density at radius 3 is 2.25 bits per heavy atom. The van der Waals surface area contributed by atoms with Gasteiger partial charge in [-0.2, -0.15) is 0 Å². The van der Waals surface area contributed by atoms with Crippen molar-refractivity contribution in [2.75, 3.05) is 5.32 Å². The number of benzene rings is 1. The van der Waals surface area contributed by atoms with E-state index in [2.05, 4.69) is 32.3 Å². The lowest BCUT2D eigenvalue weighted by molar-refractivity contribution is -0.106. The van der Waals surface area contributed by atoms with E-state index in [9.17, 15) is 8.78 Å². The molecule has 0 aliphatic rings. The zero-order valence-electron chi connectivity index (χ0n) is 20.5. The molecule has 1 N–H and O–H groups in total. The average Bonchev–Trinajstić information content (AvgIpc) is 2.78. The monoisotopic (exact) mass is 467 g/mol. The number of halogens is 3. The van der Waals surface area contributed by atoms with Crippen molar-refractivity contribution < 1.29 is 13.6 Å². The van der Waals surface area contributed by atoms with Crippen LogP contribution in [0.1, 0.15) is 77.8 Å². The van der Waals surface area contributed by atoms with E-state index >= 15 is 0 Å². The van der Waals surface area contributed by atoms with Crippen LogP contribution in [-0.2, 0) is 11.2 Å². The van der Waals surface area contributed by atoms with E-state index in [4.69, 9.17) is 16.4 Å². The van der Waals surface area contributed by atoms with E-state index in [0.717, 1.165) is 36.8 Å². The molecule has 1 rings (SSSR count). The van der Waals surface area contributed by atoms with Gasteiger partial charge in [0.05, 0.1) is 5.03 Å². The Hall–Kier alpha value is -2.20. The van der Waals surface area contributed by atoms with Crippen molar-refractivity contribution in [1.29, 1.82) is 0 Å². The maximum absolute atomic E-state index is 14.5. The van der Waals surface area contributed by atoms with Crippen LogP contribution in [-0.4, -0.2) is 6.29 Å². The van der Waals surface area contributed by atoms with Gasteiger partial charge in [-0.3, -0.25) is 0 Å². The molecule has 0 spiro atoms. The van der Waals surface area contributed by atoms with Crippen LogP contribution in [0.3, 0.4) is 0 Å². The Morgan fingerprint density at radius 1 is 1.22 bits per heavy atom. The summed E-state index contributed by atoms with van der Waals surface area (Å²) < 4.78 is 27.4. The molecule has 0 amide bonds. The molecular weight excluding hydrogens is 428 g/mol. The third-order valence-corrected chi connectivity index (χ3v) is 5.20. The molecule has 0 radical (unpaired) electrons. The number of aryl methyl sites for hydroxylation is 1. The largest absolute Gasteiger partial charge is 0.362 e. The number of allylic oxidation sites excluding steroid dienone is 5. The quantitative estimate of drug-likeness (QED) is 0.259. The van der Waals surface area contributed by atoms with E-state index in [1.165, 1.54) is 13.0 Å². The molecule has 0 saturated heterocycles. The third-order valence-electron chi connectivity index (χ3n) is 4.87. The topological polar surface area (TPSA) is 29.1 Å². The molecule has 2 nitrogen and oxygen atoms in total. The second-order valence-corrected chi connectivity index (χ2v) is 7.14. The molecule has 0 bridgehead atoms. The Bertz CT molecular complexity index is 756. The standard InChI is InChI=1S/C23H30ClF2N.C2H4O.C2H6/c1-6-17(12-10-11-13-21(24)16(5)25)19(8-3)20-15-22(26)18(7-2)14-23(20)27-9-4;1-2-3;1-2/h9-11,13-15,17,19,27H,4-8,12H2,1-3H3;2H,1H3;1-2H3/b11-10-,21-13+;;/t17-,19-;;/m1../s1. The molecule has 180 valence electrons. The summed E-state index contributed by atoms with van der Waals surface area (Å²) in [6.45, 7) is 18.5. The molecule has 0 saturated carbocycles. The van der Waals surface area contributed by atoms with E-state index in [1.54, 1.807) is 18.3 Å². The van der Waals surface area contributed by atoms with Gasteiger partial charge in [0, 0.05) is 5.69 Å². The minimum atomic E-state index is -0.647. The number of rotatable bonds is 11. The molecule has 0 aliphatic carbocycles. The molecule has 0 aromatic heterocycles. The second-order valence-electron chi connectivity index (χ2n) is 6.74. The summed E-state index contributed by atoms with van der Waals surface area (Å²) in [5.41, 5.74) is 2.57. The number of nitrogens with one attached hydrogen (secondary N) is 1. The summed E-state index contributed by atoms with van der Waals surface area (Å²) in [6, 6.07) is 3.54.